The van der Waals surface area contributed by atoms with Crippen LogP contribution in [0, 0.1) is 5.92 Å². The van der Waals surface area contributed by atoms with Gasteiger partial charge in [0.1, 0.15) is 12.9 Å². The van der Waals surface area contributed by atoms with Gasteiger partial charge in [-0.2, -0.15) is 0 Å². The van der Waals surface area contributed by atoms with Crippen molar-refractivity contribution in [2.45, 2.75) is 13.0 Å². The number of hydrogen-bond donors (Lipinski definition) is 2. The minimum Gasteiger partial charge on any atom is -0.381 e. The summed E-state index contributed by atoms with van der Waals surface area (Å²) in [6, 6.07) is 0. The molecule has 1 aromatic rings. The zero-order valence-corrected chi connectivity index (χ0v) is 8.93. The van der Waals surface area contributed by atoms with E-state index in [1.807, 2.05) is 0 Å². The van der Waals surface area contributed by atoms with Gasteiger partial charge < -0.3 is 15.8 Å². The second kappa shape index (κ2) is 4.93. The van der Waals surface area contributed by atoms with E-state index in [1.54, 1.807) is 0 Å². The summed E-state index contributed by atoms with van der Waals surface area (Å²) in [5, 5.41) is 6.66. The number of nitrogens with one attached hydrogen (secondary N) is 1. The second-order valence-electron chi connectivity index (χ2n) is 3.83. The highest BCUT2D eigenvalue weighted by molar-refractivity contribution is 5.75. The van der Waals surface area contributed by atoms with Crippen molar-refractivity contribution in [1.82, 2.24) is 20.1 Å². The monoisotopic (exact) mass is 225 g/mol. The van der Waals surface area contributed by atoms with Gasteiger partial charge in [0, 0.05) is 19.1 Å². The smallest absolute Gasteiger partial charge is 0.241 e. The Balaban J connectivity index is 1.71. The van der Waals surface area contributed by atoms with Gasteiger partial charge in [0.05, 0.1) is 6.61 Å². The van der Waals surface area contributed by atoms with Gasteiger partial charge in [0.25, 0.3) is 0 Å². The molecule has 3 N–H and O–H groups in total. The van der Waals surface area contributed by atoms with Crippen LogP contribution in [0.15, 0.2) is 6.33 Å². The van der Waals surface area contributed by atoms with Crippen molar-refractivity contribution < 1.29 is 9.53 Å². The number of hydrogen-bond acceptors (Lipinski definition) is 5. The van der Waals surface area contributed by atoms with Gasteiger partial charge in [0.2, 0.25) is 11.9 Å². The van der Waals surface area contributed by atoms with Crippen LogP contribution in [-0.4, -0.2) is 40.4 Å². The third kappa shape index (κ3) is 2.93. The molecule has 2 rings (SSSR count). The van der Waals surface area contributed by atoms with E-state index in [0.717, 1.165) is 19.6 Å². The summed E-state index contributed by atoms with van der Waals surface area (Å²) in [5.74, 6) is 0.526. The van der Waals surface area contributed by atoms with Crippen LogP contribution < -0.4 is 11.1 Å². The Morgan fingerprint density at radius 1 is 1.75 bits per heavy atom. The number of anilines is 1. The van der Waals surface area contributed by atoms with E-state index in [-0.39, 0.29) is 18.4 Å². The molecule has 7 nitrogen and oxygen atoms in total. The third-order valence-corrected chi connectivity index (χ3v) is 2.47. The summed E-state index contributed by atoms with van der Waals surface area (Å²) >= 11 is 0. The maximum absolute atomic E-state index is 11.5. The Hall–Kier alpha value is -1.63. The number of aromatic nitrogens is 3. The predicted molar refractivity (Wildman–Crippen MR) is 56.4 cm³/mol. The first kappa shape index (κ1) is 10.9. The van der Waals surface area contributed by atoms with Gasteiger partial charge in [-0.15, -0.1) is 5.10 Å². The highest BCUT2D eigenvalue weighted by Gasteiger charge is 2.16. The van der Waals surface area contributed by atoms with Crippen molar-refractivity contribution in [2.24, 2.45) is 5.92 Å². The lowest BCUT2D eigenvalue weighted by molar-refractivity contribution is -0.122. The molecule has 1 aliphatic heterocycles. The van der Waals surface area contributed by atoms with E-state index in [1.165, 1.54) is 11.0 Å². The van der Waals surface area contributed by atoms with Crippen LogP contribution in [-0.2, 0) is 16.1 Å². The highest BCUT2D eigenvalue weighted by Crippen LogP contribution is 2.10. The lowest BCUT2D eigenvalue weighted by Crippen LogP contribution is -2.32. The zero-order valence-electron chi connectivity index (χ0n) is 8.93. The number of carbonyl (C=O) groups is 1. The van der Waals surface area contributed by atoms with Crippen molar-refractivity contribution in [1.29, 1.82) is 0 Å². The van der Waals surface area contributed by atoms with Crippen LogP contribution >= 0.6 is 0 Å². The standard InChI is InChI=1S/C9H15N5O2/c10-9-12-6-14(13-9)4-8(15)11-3-7-1-2-16-5-7/h6-7H,1-5H2,(H2,10,13)(H,11,15). The predicted octanol–water partition coefficient (Wildman–Crippen LogP) is -0.987. The van der Waals surface area contributed by atoms with Gasteiger partial charge in [-0.25, -0.2) is 9.67 Å². The van der Waals surface area contributed by atoms with E-state index in [2.05, 4.69) is 15.4 Å². The topological polar surface area (TPSA) is 95.1 Å². The molecule has 1 saturated heterocycles. The molecule has 0 aromatic carbocycles. The van der Waals surface area contributed by atoms with Gasteiger partial charge in [0.15, 0.2) is 0 Å². The van der Waals surface area contributed by atoms with Crippen molar-refractivity contribution >= 4 is 11.9 Å². The fraction of sp³-hybridized carbons (Fsp3) is 0.667. The lowest BCUT2D eigenvalue weighted by atomic mass is 10.1. The van der Waals surface area contributed by atoms with E-state index in [4.69, 9.17) is 10.5 Å². The van der Waals surface area contributed by atoms with E-state index < -0.39 is 0 Å². The molecular weight excluding hydrogens is 210 g/mol. The van der Waals surface area contributed by atoms with E-state index in [0.29, 0.717) is 12.5 Å². The summed E-state index contributed by atoms with van der Waals surface area (Å²) in [7, 11) is 0. The number of nitrogen functional groups attached to an aromatic ring is 1. The summed E-state index contributed by atoms with van der Waals surface area (Å²) in [6.45, 7) is 2.33. The van der Waals surface area contributed by atoms with Crippen LogP contribution in [0.3, 0.4) is 0 Å². The molecule has 0 spiro atoms. The molecule has 1 amide bonds. The molecule has 1 atom stereocenters. The Bertz CT molecular complexity index is 359. The van der Waals surface area contributed by atoms with Gasteiger partial charge in [-0.3, -0.25) is 4.79 Å². The Labute approximate surface area is 93.0 Å². The molecule has 7 heteroatoms. The molecule has 1 fully saturated rings. The summed E-state index contributed by atoms with van der Waals surface area (Å²) < 4.78 is 6.63. The van der Waals surface area contributed by atoms with Gasteiger partial charge in [-0.05, 0) is 6.42 Å². The van der Waals surface area contributed by atoms with E-state index in [9.17, 15) is 4.79 Å². The largest absolute Gasteiger partial charge is 0.381 e. The quantitative estimate of drug-likeness (QED) is 0.686. The van der Waals surface area contributed by atoms with Crippen molar-refractivity contribution in [3.8, 4) is 0 Å². The minimum atomic E-state index is -0.0863. The first-order valence-corrected chi connectivity index (χ1v) is 5.23. The minimum absolute atomic E-state index is 0.0863. The normalized spacial score (nSPS) is 19.9. The summed E-state index contributed by atoms with van der Waals surface area (Å²) in [5.41, 5.74) is 5.34. The SMILES string of the molecule is Nc1ncn(CC(=O)NCC2CCOC2)n1. The van der Waals surface area contributed by atoms with Crippen LogP contribution in [0.1, 0.15) is 6.42 Å². The first-order valence-electron chi connectivity index (χ1n) is 5.23. The maximum Gasteiger partial charge on any atom is 0.241 e. The molecule has 1 aliphatic rings. The molecule has 2 heterocycles. The molecule has 0 radical (unpaired) electrons. The Morgan fingerprint density at radius 3 is 3.25 bits per heavy atom. The average Bonchev–Trinajstić information content (AvgIpc) is 2.87. The number of carbonyl (C=O) groups excluding carboxylic acids is 1. The summed E-state index contributed by atoms with van der Waals surface area (Å²) in [6.07, 6.45) is 2.45. The molecule has 0 saturated carbocycles. The lowest BCUT2D eigenvalue weighted by Gasteiger charge is -2.08. The second-order valence-corrected chi connectivity index (χ2v) is 3.83. The van der Waals surface area contributed by atoms with Crippen LogP contribution in [0.25, 0.3) is 0 Å². The molecular formula is C9H15N5O2. The number of nitrogens with two attached hydrogens (primary N) is 1. The average molecular weight is 225 g/mol. The molecule has 1 aromatic heterocycles. The molecule has 88 valence electrons. The molecule has 16 heavy (non-hydrogen) atoms. The van der Waals surface area contributed by atoms with Gasteiger partial charge in [-0.1, -0.05) is 0 Å². The third-order valence-electron chi connectivity index (χ3n) is 2.47. The Morgan fingerprint density at radius 2 is 2.62 bits per heavy atom. The maximum atomic E-state index is 11.5. The summed E-state index contributed by atoms with van der Waals surface area (Å²) in [4.78, 5) is 15.2. The highest BCUT2D eigenvalue weighted by atomic mass is 16.5. The fourth-order valence-corrected chi connectivity index (χ4v) is 1.59. The zero-order chi connectivity index (χ0) is 11.4. The number of nitrogens with zero attached hydrogens (tertiary/aromatic N) is 3. The molecule has 0 aliphatic carbocycles. The van der Waals surface area contributed by atoms with Crippen LogP contribution in [0.2, 0.25) is 0 Å². The first-order chi connectivity index (χ1) is 7.74. The van der Waals surface area contributed by atoms with E-state index >= 15 is 0 Å². The number of rotatable bonds is 4. The van der Waals surface area contributed by atoms with Crippen LogP contribution in [0.5, 0.6) is 0 Å². The molecule has 0 bridgehead atoms. The fourth-order valence-electron chi connectivity index (χ4n) is 1.59. The van der Waals surface area contributed by atoms with Crippen molar-refractivity contribution in [3.05, 3.63) is 6.33 Å². The van der Waals surface area contributed by atoms with Gasteiger partial charge >= 0.3 is 0 Å². The van der Waals surface area contributed by atoms with Crippen molar-refractivity contribution in [3.63, 3.8) is 0 Å². The number of ether oxygens (including phenoxy) is 1. The Kier molecular flexibility index (Phi) is 3.35. The molecule has 1 unspecified atom stereocenters. The number of amides is 1. The van der Waals surface area contributed by atoms with Crippen LogP contribution in [0.4, 0.5) is 5.95 Å². The van der Waals surface area contributed by atoms with Crippen molar-refractivity contribution in [2.75, 3.05) is 25.5 Å².